The Labute approximate surface area is 115 Å². The van der Waals surface area contributed by atoms with Gasteiger partial charge in [0.2, 0.25) is 0 Å². The van der Waals surface area contributed by atoms with Crippen LogP contribution in [-0.2, 0) is 6.54 Å². The first kappa shape index (κ1) is 15.8. The monoisotopic (exact) mass is 267 g/mol. The van der Waals surface area contributed by atoms with Crippen molar-refractivity contribution in [3.05, 3.63) is 23.8 Å². The molecule has 19 heavy (non-hydrogen) atoms. The van der Waals surface area contributed by atoms with Crippen molar-refractivity contribution in [2.75, 3.05) is 33.9 Å². The lowest BCUT2D eigenvalue weighted by molar-refractivity contribution is 0.174. The van der Waals surface area contributed by atoms with Gasteiger partial charge in [-0.25, -0.2) is 0 Å². The molecule has 4 heteroatoms. The highest BCUT2D eigenvalue weighted by molar-refractivity contribution is 5.40. The summed E-state index contributed by atoms with van der Waals surface area (Å²) in [5.41, 5.74) is 1.08. The van der Waals surface area contributed by atoms with E-state index in [0.29, 0.717) is 12.5 Å². The molecule has 1 aromatic rings. The van der Waals surface area contributed by atoms with Gasteiger partial charge in [0.25, 0.3) is 0 Å². The Morgan fingerprint density at radius 3 is 2.47 bits per heavy atom. The number of aliphatic hydroxyl groups is 1. The highest BCUT2D eigenvalue weighted by Crippen LogP contribution is 2.25. The number of ether oxygens (including phenoxy) is 2. The van der Waals surface area contributed by atoms with Crippen molar-refractivity contribution in [1.29, 1.82) is 0 Å². The molecule has 0 amide bonds. The van der Waals surface area contributed by atoms with Crippen LogP contribution in [-0.4, -0.2) is 43.9 Å². The molecule has 0 spiro atoms. The first-order valence-corrected chi connectivity index (χ1v) is 6.64. The van der Waals surface area contributed by atoms with E-state index in [2.05, 4.69) is 18.7 Å². The predicted molar refractivity (Wildman–Crippen MR) is 76.7 cm³/mol. The maximum atomic E-state index is 9.16. The number of methoxy groups -OCH3 is 2. The van der Waals surface area contributed by atoms with Gasteiger partial charge in [0.05, 0.1) is 20.8 Å². The molecule has 0 aliphatic rings. The Kier molecular flexibility index (Phi) is 6.67. The van der Waals surface area contributed by atoms with Crippen LogP contribution in [0, 0.1) is 5.92 Å². The molecule has 0 aromatic heterocycles. The molecule has 108 valence electrons. The largest absolute Gasteiger partial charge is 0.497 e. The van der Waals surface area contributed by atoms with Crippen LogP contribution in [0.3, 0.4) is 0 Å². The molecular formula is C15H25NO3. The van der Waals surface area contributed by atoms with Gasteiger partial charge in [-0.05, 0) is 24.1 Å². The summed E-state index contributed by atoms with van der Waals surface area (Å²) in [6, 6.07) is 5.80. The molecule has 0 saturated carbocycles. The summed E-state index contributed by atoms with van der Waals surface area (Å²) in [7, 11) is 3.33. The van der Waals surface area contributed by atoms with Crippen molar-refractivity contribution in [3.8, 4) is 11.5 Å². The molecule has 0 heterocycles. The summed E-state index contributed by atoms with van der Waals surface area (Å²) >= 11 is 0. The zero-order chi connectivity index (χ0) is 14.3. The number of nitrogens with zero attached hydrogens (tertiary/aromatic N) is 1. The van der Waals surface area contributed by atoms with Gasteiger partial charge in [0, 0.05) is 25.2 Å². The molecular weight excluding hydrogens is 242 g/mol. The summed E-state index contributed by atoms with van der Waals surface area (Å²) in [6.45, 7) is 6.87. The predicted octanol–water partition coefficient (Wildman–Crippen LogP) is 2.15. The van der Waals surface area contributed by atoms with Crippen molar-refractivity contribution >= 4 is 0 Å². The Morgan fingerprint density at radius 2 is 1.95 bits per heavy atom. The molecule has 0 radical (unpaired) electrons. The third-order valence-electron chi connectivity index (χ3n) is 2.92. The third-order valence-corrected chi connectivity index (χ3v) is 2.92. The Balaban J connectivity index is 2.86. The topological polar surface area (TPSA) is 41.9 Å². The van der Waals surface area contributed by atoms with E-state index in [9.17, 15) is 0 Å². The molecule has 0 bridgehead atoms. The van der Waals surface area contributed by atoms with Crippen LogP contribution in [0.25, 0.3) is 0 Å². The SMILES string of the molecule is COc1ccc(OC)c(CN(CCO)CC(C)C)c1. The minimum Gasteiger partial charge on any atom is -0.497 e. The fourth-order valence-corrected chi connectivity index (χ4v) is 2.14. The van der Waals surface area contributed by atoms with Crippen LogP contribution in [0.15, 0.2) is 18.2 Å². The van der Waals surface area contributed by atoms with Crippen LogP contribution in [0.4, 0.5) is 0 Å². The summed E-state index contributed by atoms with van der Waals surface area (Å²) in [4.78, 5) is 2.22. The normalized spacial score (nSPS) is 11.1. The molecule has 1 N–H and O–H groups in total. The Morgan fingerprint density at radius 1 is 1.21 bits per heavy atom. The summed E-state index contributed by atoms with van der Waals surface area (Å²) in [5.74, 6) is 2.24. The summed E-state index contributed by atoms with van der Waals surface area (Å²) in [5, 5.41) is 9.16. The fraction of sp³-hybridized carbons (Fsp3) is 0.600. The van der Waals surface area contributed by atoms with E-state index >= 15 is 0 Å². The van der Waals surface area contributed by atoms with Crippen LogP contribution < -0.4 is 9.47 Å². The lowest BCUT2D eigenvalue weighted by Crippen LogP contribution is -2.30. The Hall–Kier alpha value is -1.26. The average molecular weight is 267 g/mol. The molecule has 0 atom stereocenters. The molecule has 4 nitrogen and oxygen atoms in total. The number of hydrogen-bond acceptors (Lipinski definition) is 4. The number of hydrogen-bond donors (Lipinski definition) is 1. The highest BCUT2D eigenvalue weighted by atomic mass is 16.5. The molecule has 1 rings (SSSR count). The molecule has 0 aliphatic heterocycles. The zero-order valence-electron chi connectivity index (χ0n) is 12.3. The van der Waals surface area contributed by atoms with E-state index in [1.165, 1.54) is 0 Å². The maximum absolute atomic E-state index is 9.16. The lowest BCUT2D eigenvalue weighted by atomic mass is 10.1. The second-order valence-electron chi connectivity index (χ2n) is 5.03. The van der Waals surface area contributed by atoms with E-state index < -0.39 is 0 Å². The number of rotatable bonds is 8. The lowest BCUT2D eigenvalue weighted by Gasteiger charge is -2.24. The second-order valence-corrected chi connectivity index (χ2v) is 5.03. The van der Waals surface area contributed by atoms with Crippen molar-refractivity contribution in [2.24, 2.45) is 5.92 Å². The average Bonchev–Trinajstić information content (AvgIpc) is 2.38. The second kappa shape index (κ2) is 8.02. The van der Waals surface area contributed by atoms with Gasteiger partial charge in [0.15, 0.2) is 0 Å². The third kappa shape index (κ3) is 5.09. The van der Waals surface area contributed by atoms with Gasteiger partial charge in [-0.1, -0.05) is 13.8 Å². The minimum absolute atomic E-state index is 0.166. The quantitative estimate of drug-likeness (QED) is 0.783. The van der Waals surface area contributed by atoms with E-state index in [1.54, 1.807) is 14.2 Å². The summed E-state index contributed by atoms with van der Waals surface area (Å²) in [6.07, 6.45) is 0. The van der Waals surface area contributed by atoms with E-state index in [0.717, 1.165) is 30.2 Å². The van der Waals surface area contributed by atoms with Gasteiger partial charge < -0.3 is 14.6 Å². The fourth-order valence-electron chi connectivity index (χ4n) is 2.14. The van der Waals surface area contributed by atoms with Gasteiger partial charge in [-0.3, -0.25) is 4.90 Å². The van der Waals surface area contributed by atoms with Crippen LogP contribution >= 0.6 is 0 Å². The Bertz CT molecular complexity index is 380. The molecule has 0 aliphatic carbocycles. The van der Waals surface area contributed by atoms with Crippen molar-refractivity contribution in [2.45, 2.75) is 20.4 Å². The van der Waals surface area contributed by atoms with Gasteiger partial charge >= 0.3 is 0 Å². The standard InChI is InChI=1S/C15H25NO3/c1-12(2)10-16(7-8-17)11-13-9-14(18-3)5-6-15(13)19-4/h5-6,9,12,17H,7-8,10-11H2,1-4H3. The van der Waals surface area contributed by atoms with E-state index in [1.807, 2.05) is 18.2 Å². The van der Waals surface area contributed by atoms with Crippen LogP contribution in [0.2, 0.25) is 0 Å². The van der Waals surface area contributed by atoms with E-state index in [4.69, 9.17) is 14.6 Å². The molecule has 0 saturated heterocycles. The van der Waals surface area contributed by atoms with E-state index in [-0.39, 0.29) is 6.61 Å². The van der Waals surface area contributed by atoms with Gasteiger partial charge in [-0.15, -0.1) is 0 Å². The number of benzene rings is 1. The zero-order valence-corrected chi connectivity index (χ0v) is 12.3. The maximum Gasteiger partial charge on any atom is 0.123 e. The first-order valence-electron chi connectivity index (χ1n) is 6.64. The van der Waals surface area contributed by atoms with Crippen molar-refractivity contribution in [3.63, 3.8) is 0 Å². The van der Waals surface area contributed by atoms with Crippen LogP contribution in [0.5, 0.6) is 11.5 Å². The summed E-state index contributed by atoms with van der Waals surface area (Å²) < 4.78 is 10.6. The smallest absolute Gasteiger partial charge is 0.123 e. The van der Waals surface area contributed by atoms with Gasteiger partial charge in [-0.2, -0.15) is 0 Å². The van der Waals surface area contributed by atoms with Gasteiger partial charge in [0.1, 0.15) is 11.5 Å². The first-order chi connectivity index (χ1) is 9.10. The number of aliphatic hydroxyl groups excluding tert-OH is 1. The molecule has 0 fully saturated rings. The molecule has 0 unspecified atom stereocenters. The van der Waals surface area contributed by atoms with Crippen molar-refractivity contribution in [1.82, 2.24) is 4.90 Å². The highest BCUT2D eigenvalue weighted by Gasteiger charge is 2.12. The van der Waals surface area contributed by atoms with Crippen LogP contribution in [0.1, 0.15) is 19.4 Å². The minimum atomic E-state index is 0.166. The molecule has 1 aromatic carbocycles. The van der Waals surface area contributed by atoms with Crippen molar-refractivity contribution < 1.29 is 14.6 Å².